The number of hydrogen-bond acceptors (Lipinski definition) is 5. The average molecular weight is 440 g/mol. The maximum absolute atomic E-state index is 13.7. The van der Waals surface area contributed by atoms with E-state index in [-0.39, 0.29) is 11.4 Å². The van der Waals surface area contributed by atoms with Crippen LogP contribution in [0.1, 0.15) is 18.4 Å². The minimum absolute atomic E-state index is 0.103. The van der Waals surface area contributed by atoms with Gasteiger partial charge in [0.05, 0.1) is 11.9 Å². The number of halogens is 2. The van der Waals surface area contributed by atoms with E-state index in [1.807, 2.05) is 18.2 Å². The molecule has 0 aromatic heterocycles. The first kappa shape index (κ1) is 23.3. The normalized spacial score (nSPS) is 16.1. The quantitative estimate of drug-likeness (QED) is 0.375. The number of rotatable bonds is 8. The van der Waals surface area contributed by atoms with Gasteiger partial charge in [0.25, 0.3) is 5.91 Å². The van der Waals surface area contributed by atoms with Crippen molar-refractivity contribution in [2.75, 3.05) is 26.2 Å². The fraction of sp³-hybridized carbons (Fsp3) is 0.292. The molecule has 3 rings (SSSR count). The average Bonchev–Trinajstić information content (AvgIpc) is 2.81. The first-order valence-corrected chi connectivity index (χ1v) is 10.5. The summed E-state index contributed by atoms with van der Waals surface area (Å²) in [5.74, 6) is 3.63. The summed E-state index contributed by atoms with van der Waals surface area (Å²) in [6.45, 7) is 3.32. The molecule has 1 amide bonds. The largest absolute Gasteiger partial charge is 0.350 e. The van der Waals surface area contributed by atoms with Gasteiger partial charge in [-0.15, -0.1) is 0 Å². The van der Waals surface area contributed by atoms with Gasteiger partial charge in [-0.1, -0.05) is 42.5 Å². The second kappa shape index (κ2) is 11.9. The lowest BCUT2D eigenvalue weighted by Crippen LogP contribution is -2.40. The molecular weight excluding hydrogens is 412 g/mol. The van der Waals surface area contributed by atoms with Crippen molar-refractivity contribution < 1.29 is 13.6 Å². The van der Waals surface area contributed by atoms with Crippen LogP contribution in [0, 0.1) is 17.6 Å². The number of nitrogens with two attached hydrogens (primary N) is 1. The third kappa shape index (κ3) is 7.09. The van der Waals surface area contributed by atoms with Gasteiger partial charge < -0.3 is 11.2 Å². The van der Waals surface area contributed by atoms with Crippen LogP contribution in [0.2, 0.25) is 0 Å². The highest BCUT2D eigenvalue weighted by Gasteiger charge is 2.20. The summed E-state index contributed by atoms with van der Waals surface area (Å²) < 4.78 is 26.6. The zero-order chi connectivity index (χ0) is 22.8. The number of likely N-dealkylation sites (tertiary alicyclic amines) is 1. The van der Waals surface area contributed by atoms with Crippen LogP contribution in [0.4, 0.5) is 14.5 Å². The Kier molecular flexibility index (Phi) is 8.62. The van der Waals surface area contributed by atoms with Gasteiger partial charge in [-0.25, -0.2) is 8.78 Å². The highest BCUT2D eigenvalue weighted by atomic mass is 19.1. The third-order valence-electron chi connectivity index (χ3n) is 5.34. The fourth-order valence-corrected chi connectivity index (χ4v) is 3.47. The molecule has 0 radical (unpaired) electrons. The monoisotopic (exact) mass is 439 g/mol. The summed E-state index contributed by atoms with van der Waals surface area (Å²) in [5, 5.41) is 6.24. The second-order valence-corrected chi connectivity index (χ2v) is 7.64. The molecule has 2 aromatic carbocycles. The van der Waals surface area contributed by atoms with E-state index in [9.17, 15) is 13.6 Å². The molecule has 0 atom stereocenters. The Bertz CT molecular complexity index is 983. The zero-order valence-corrected chi connectivity index (χ0v) is 17.8. The molecule has 32 heavy (non-hydrogen) atoms. The lowest BCUT2D eigenvalue weighted by Gasteiger charge is -2.31. The van der Waals surface area contributed by atoms with Crippen LogP contribution >= 0.6 is 0 Å². The maximum atomic E-state index is 13.7. The van der Waals surface area contributed by atoms with Crippen molar-refractivity contribution >= 4 is 29.6 Å². The number of nitrogens with zero attached hydrogens (tertiary/aromatic N) is 3. The number of amides is 1. The number of hydrogen-bond donors (Lipinski definition) is 2. The molecule has 6 nitrogen and oxygen atoms in total. The molecule has 1 saturated heterocycles. The molecule has 3 N–H and O–H groups in total. The Hall–Kier alpha value is -3.39. The Morgan fingerprint density at radius 2 is 1.91 bits per heavy atom. The molecule has 168 valence electrons. The van der Waals surface area contributed by atoms with Gasteiger partial charge in [-0.3, -0.25) is 14.7 Å². The molecule has 0 unspecified atom stereocenters. The number of nitrogens with one attached hydrogen (secondary N) is 1. The van der Waals surface area contributed by atoms with Crippen LogP contribution < -0.4 is 11.2 Å². The van der Waals surface area contributed by atoms with Crippen molar-refractivity contribution in [3.05, 3.63) is 71.8 Å². The topological polar surface area (TPSA) is 83.1 Å². The van der Waals surface area contributed by atoms with E-state index < -0.39 is 17.5 Å². The fourth-order valence-electron chi connectivity index (χ4n) is 3.47. The first-order chi connectivity index (χ1) is 15.5. The third-order valence-corrected chi connectivity index (χ3v) is 5.34. The Labute approximate surface area is 186 Å². The van der Waals surface area contributed by atoms with Crippen molar-refractivity contribution in [3.63, 3.8) is 0 Å². The van der Waals surface area contributed by atoms with Gasteiger partial charge in [0, 0.05) is 19.2 Å². The van der Waals surface area contributed by atoms with Gasteiger partial charge >= 0.3 is 0 Å². The molecule has 0 bridgehead atoms. The summed E-state index contributed by atoms with van der Waals surface area (Å²) in [6.07, 6.45) is 7.32. The van der Waals surface area contributed by atoms with Crippen molar-refractivity contribution in [2.45, 2.75) is 12.8 Å². The molecule has 0 aliphatic carbocycles. The zero-order valence-electron chi connectivity index (χ0n) is 17.8. The molecule has 1 heterocycles. The standard InChI is InChI=1S/C24H27F2N5O/c25-20-8-9-22(21(26)15-20)28-17-23(30-27)24(32)29-16-19-10-13-31(14-11-19)12-4-7-18-5-2-1-3-6-18/h1-9,15,17,19H,10-14,16,27H2,(H,29,32)/b7-4+,28-17?,30-23+. The van der Waals surface area contributed by atoms with E-state index in [4.69, 9.17) is 5.84 Å². The minimum atomic E-state index is -0.830. The van der Waals surface area contributed by atoms with Crippen LogP contribution in [0.25, 0.3) is 6.08 Å². The van der Waals surface area contributed by atoms with E-state index in [1.54, 1.807) is 0 Å². The van der Waals surface area contributed by atoms with E-state index in [1.165, 1.54) is 11.6 Å². The summed E-state index contributed by atoms with van der Waals surface area (Å²) in [7, 11) is 0. The predicted octanol–water partition coefficient (Wildman–Crippen LogP) is 3.52. The SMILES string of the molecule is N/N=C(\C=Nc1ccc(F)cc1F)C(=O)NCC1CCN(C/C=C/c2ccccc2)CC1. The van der Waals surface area contributed by atoms with Gasteiger partial charge in [-0.05, 0) is 49.5 Å². The highest BCUT2D eigenvalue weighted by molar-refractivity contribution is 6.60. The molecule has 0 saturated carbocycles. The van der Waals surface area contributed by atoms with Crippen LogP contribution in [0.5, 0.6) is 0 Å². The molecule has 1 aliphatic heterocycles. The van der Waals surface area contributed by atoms with Crippen molar-refractivity contribution in [1.29, 1.82) is 0 Å². The number of piperidine rings is 1. The van der Waals surface area contributed by atoms with Crippen LogP contribution in [-0.2, 0) is 4.79 Å². The minimum Gasteiger partial charge on any atom is -0.350 e. The van der Waals surface area contributed by atoms with Crippen LogP contribution in [0.3, 0.4) is 0 Å². The number of carbonyl (C=O) groups is 1. The molecule has 1 aliphatic rings. The first-order valence-electron chi connectivity index (χ1n) is 10.5. The van der Waals surface area contributed by atoms with E-state index in [2.05, 4.69) is 44.6 Å². The van der Waals surface area contributed by atoms with Crippen LogP contribution in [-0.4, -0.2) is 48.9 Å². The Morgan fingerprint density at radius 3 is 2.59 bits per heavy atom. The van der Waals surface area contributed by atoms with Gasteiger partial charge in [0.2, 0.25) is 0 Å². The molecule has 1 fully saturated rings. The summed E-state index contributed by atoms with van der Waals surface area (Å²) >= 11 is 0. The number of hydrazone groups is 1. The number of benzene rings is 2. The second-order valence-electron chi connectivity index (χ2n) is 7.64. The van der Waals surface area contributed by atoms with Crippen molar-refractivity contribution in [1.82, 2.24) is 10.2 Å². The summed E-state index contributed by atoms with van der Waals surface area (Å²) in [4.78, 5) is 18.6. The van der Waals surface area contributed by atoms with Crippen LogP contribution in [0.15, 0.2) is 64.7 Å². The van der Waals surface area contributed by atoms with Gasteiger partial charge in [0.15, 0.2) is 11.5 Å². The summed E-state index contributed by atoms with van der Waals surface area (Å²) in [5.41, 5.74) is 0.958. The molecular formula is C24H27F2N5O. The maximum Gasteiger partial charge on any atom is 0.273 e. The Morgan fingerprint density at radius 1 is 1.16 bits per heavy atom. The lowest BCUT2D eigenvalue weighted by atomic mass is 9.96. The predicted molar refractivity (Wildman–Crippen MR) is 124 cm³/mol. The smallest absolute Gasteiger partial charge is 0.273 e. The number of aliphatic imine (C=N–C) groups is 1. The van der Waals surface area contributed by atoms with Crippen molar-refractivity contribution in [2.24, 2.45) is 21.9 Å². The Balaban J connectivity index is 1.41. The van der Waals surface area contributed by atoms with Gasteiger partial charge in [0.1, 0.15) is 5.82 Å². The highest BCUT2D eigenvalue weighted by Crippen LogP contribution is 2.18. The van der Waals surface area contributed by atoms with E-state index >= 15 is 0 Å². The molecule has 8 heteroatoms. The molecule has 0 spiro atoms. The van der Waals surface area contributed by atoms with Crippen molar-refractivity contribution in [3.8, 4) is 0 Å². The van der Waals surface area contributed by atoms with Gasteiger partial charge in [-0.2, -0.15) is 5.10 Å². The van der Waals surface area contributed by atoms with E-state index in [0.29, 0.717) is 12.5 Å². The number of carbonyl (C=O) groups excluding carboxylic acids is 1. The summed E-state index contributed by atoms with van der Waals surface area (Å²) in [6, 6.07) is 13.2. The lowest BCUT2D eigenvalue weighted by molar-refractivity contribution is -0.114. The van der Waals surface area contributed by atoms with E-state index in [0.717, 1.165) is 50.8 Å². The molecule has 2 aromatic rings.